The molecule has 0 radical (unpaired) electrons. The second-order valence-electron chi connectivity index (χ2n) is 3.40. The maximum Gasteiger partial charge on any atom is 0.183 e. The summed E-state index contributed by atoms with van der Waals surface area (Å²) in [6.45, 7) is 5.40. The number of rotatable bonds is 4. The third kappa shape index (κ3) is 2.68. The van der Waals surface area contributed by atoms with Crippen molar-refractivity contribution in [1.29, 1.82) is 0 Å². The van der Waals surface area contributed by atoms with Gasteiger partial charge in [0.15, 0.2) is 11.6 Å². The lowest BCUT2D eigenvalue weighted by Crippen LogP contribution is -2.16. The van der Waals surface area contributed by atoms with E-state index in [0.29, 0.717) is 6.42 Å². The Morgan fingerprint density at radius 2 is 2.20 bits per heavy atom. The van der Waals surface area contributed by atoms with Crippen molar-refractivity contribution in [3.05, 3.63) is 36.4 Å². The summed E-state index contributed by atoms with van der Waals surface area (Å²) in [7, 11) is 0. The topological polar surface area (TPSA) is 38.0 Å². The molecule has 0 aliphatic heterocycles. The molecule has 1 rings (SSSR count). The molecule has 0 aliphatic carbocycles. The van der Waals surface area contributed by atoms with Crippen molar-refractivity contribution >= 4 is 11.4 Å². The number of hydrogen-bond donors (Lipinski definition) is 2. The van der Waals surface area contributed by atoms with Gasteiger partial charge in [-0.05, 0) is 25.5 Å². The highest BCUT2D eigenvalue weighted by Crippen LogP contribution is 2.25. The zero-order valence-electron chi connectivity index (χ0n) is 8.56. The normalized spacial score (nSPS) is 12.2. The molecule has 0 aromatic heterocycles. The number of benzene rings is 1. The van der Waals surface area contributed by atoms with Gasteiger partial charge in [0.1, 0.15) is 0 Å². The first kappa shape index (κ1) is 11.5. The van der Waals surface area contributed by atoms with Crippen LogP contribution >= 0.6 is 0 Å². The van der Waals surface area contributed by atoms with Gasteiger partial charge in [-0.25, -0.2) is 8.78 Å². The maximum absolute atomic E-state index is 13.3. The minimum atomic E-state index is -0.939. The molecule has 1 aromatic carbocycles. The van der Waals surface area contributed by atoms with Crippen LogP contribution in [0.1, 0.15) is 13.3 Å². The summed E-state index contributed by atoms with van der Waals surface area (Å²) >= 11 is 0. The van der Waals surface area contributed by atoms with Gasteiger partial charge < -0.3 is 11.1 Å². The lowest BCUT2D eigenvalue weighted by atomic mass is 10.2. The molecule has 15 heavy (non-hydrogen) atoms. The first-order valence-corrected chi connectivity index (χ1v) is 4.67. The highest BCUT2D eigenvalue weighted by Gasteiger charge is 2.13. The summed E-state index contributed by atoms with van der Waals surface area (Å²) in [5, 5.41) is 2.81. The Bertz CT molecular complexity index is 364. The fraction of sp³-hybridized carbons (Fsp3) is 0.273. The smallest absolute Gasteiger partial charge is 0.183 e. The van der Waals surface area contributed by atoms with Crippen molar-refractivity contribution in [3.8, 4) is 0 Å². The molecule has 4 heteroatoms. The molecule has 0 fully saturated rings. The first-order valence-electron chi connectivity index (χ1n) is 4.67. The van der Waals surface area contributed by atoms with Crippen LogP contribution < -0.4 is 11.1 Å². The molecule has 1 aromatic rings. The number of anilines is 2. The fourth-order valence-corrected chi connectivity index (χ4v) is 1.27. The number of nitrogens with two attached hydrogens (primary N) is 1. The molecule has 0 bridgehead atoms. The quantitative estimate of drug-likeness (QED) is 0.595. The molecular weight excluding hydrogens is 198 g/mol. The van der Waals surface area contributed by atoms with E-state index in [4.69, 9.17) is 5.73 Å². The van der Waals surface area contributed by atoms with Crippen molar-refractivity contribution in [2.75, 3.05) is 11.1 Å². The lowest BCUT2D eigenvalue weighted by molar-refractivity contribution is 0.510. The number of nitrogens with one attached hydrogen (secondary N) is 1. The maximum atomic E-state index is 13.3. The van der Waals surface area contributed by atoms with Gasteiger partial charge in [-0.1, -0.05) is 6.08 Å². The van der Waals surface area contributed by atoms with Crippen molar-refractivity contribution in [3.63, 3.8) is 0 Å². The molecule has 0 saturated heterocycles. The first-order chi connectivity index (χ1) is 7.06. The van der Waals surface area contributed by atoms with Crippen molar-refractivity contribution in [2.24, 2.45) is 0 Å². The Labute approximate surface area is 87.8 Å². The molecule has 0 saturated carbocycles. The lowest BCUT2D eigenvalue weighted by Gasteiger charge is -2.16. The van der Waals surface area contributed by atoms with E-state index in [1.54, 1.807) is 6.08 Å². The zero-order chi connectivity index (χ0) is 11.4. The molecular formula is C11H14F2N2. The molecule has 3 N–H and O–H groups in total. The van der Waals surface area contributed by atoms with Gasteiger partial charge in [-0.15, -0.1) is 6.58 Å². The second kappa shape index (κ2) is 4.77. The molecule has 82 valence electrons. The van der Waals surface area contributed by atoms with Crippen molar-refractivity contribution in [1.82, 2.24) is 0 Å². The van der Waals surface area contributed by atoms with E-state index in [2.05, 4.69) is 11.9 Å². The van der Waals surface area contributed by atoms with Gasteiger partial charge in [-0.2, -0.15) is 0 Å². The van der Waals surface area contributed by atoms with E-state index < -0.39 is 11.6 Å². The number of nitrogen functional groups attached to an aromatic ring is 1. The van der Waals surface area contributed by atoms with E-state index in [0.717, 1.165) is 6.07 Å². The van der Waals surface area contributed by atoms with E-state index in [1.807, 2.05) is 6.92 Å². The third-order valence-electron chi connectivity index (χ3n) is 2.04. The molecule has 0 amide bonds. The standard InChI is InChI=1S/C11H14F2N2/c1-3-4-7(2)15-11-9(14)6-5-8(12)10(11)13/h3,5-7,15H,1,4,14H2,2H3. The summed E-state index contributed by atoms with van der Waals surface area (Å²) < 4.78 is 26.2. The summed E-state index contributed by atoms with van der Waals surface area (Å²) in [6.07, 6.45) is 2.35. The van der Waals surface area contributed by atoms with Crippen LogP contribution in [0.5, 0.6) is 0 Å². The Morgan fingerprint density at radius 3 is 2.80 bits per heavy atom. The van der Waals surface area contributed by atoms with Crippen LogP contribution in [0.15, 0.2) is 24.8 Å². The van der Waals surface area contributed by atoms with Crippen LogP contribution in [0, 0.1) is 11.6 Å². The van der Waals surface area contributed by atoms with Gasteiger partial charge in [-0.3, -0.25) is 0 Å². The van der Waals surface area contributed by atoms with E-state index in [-0.39, 0.29) is 17.4 Å². The average molecular weight is 212 g/mol. The van der Waals surface area contributed by atoms with Gasteiger partial charge in [0.25, 0.3) is 0 Å². The van der Waals surface area contributed by atoms with Gasteiger partial charge in [0.2, 0.25) is 0 Å². The monoisotopic (exact) mass is 212 g/mol. The Kier molecular flexibility index (Phi) is 3.66. The van der Waals surface area contributed by atoms with Gasteiger partial charge in [0.05, 0.1) is 11.4 Å². The summed E-state index contributed by atoms with van der Waals surface area (Å²) in [4.78, 5) is 0. The SMILES string of the molecule is C=CCC(C)Nc1c(N)ccc(F)c1F. The minimum absolute atomic E-state index is 0.0179. The predicted molar refractivity (Wildman–Crippen MR) is 58.7 cm³/mol. The average Bonchev–Trinajstić information content (AvgIpc) is 2.19. The predicted octanol–water partition coefficient (Wildman–Crippen LogP) is 2.92. The summed E-state index contributed by atoms with van der Waals surface area (Å²) in [6, 6.07) is 2.30. The summed E-state index contributed by atoms with van der Waals surface area (Å²) in [5.41, 5.74) is 5.76. The van der Waals surface area contributed by atoms with E-state index in [9.17, 15) is 8.78 Å². The van der Waals surface area contributed by atoms with Crippen LogP contribution in [0.4, 0.5) is 20.2 Å². The largest absolute Gasteiger partial charge is 0.397 e. The second-order valence-corrected chi connectivity index (χ2v) is 3.40. The molecule has 1 unspecified atom stereocenters. The molecule has 1 atom stereocenters. The fourth-order valence-electron chi connectivity index (χ4n) is 1.27. The van der Waals surface area contributed by atoms with Crippen LogP contribution in [0.2, 0.25) is 0 Å². The number of hydrogen-bond acceptors (Lipinski definition) is 2. The third-order valence-corrected chi connectivity index (χ3v) is 2.04. The zero-order valence-corrected chi connectivity index (χ0v) is 8.56. The van der Waals surface area contributed by atoms with Crippen LogP contribution in [0.25, 0.3) is 0 Å². The highest BCUT2D eigenvalue weighted by atomic mass is 19.2. The van der Waals surface area contributed by atoms with E-state index in [1.165, 1.54) is 6.07 Å². The molecule has 0 heterocycles. The Balaban J connectivity index is 2.93. The van der Waals surface area contributed by atoms with Gasteiger partial charge >= 0.3 is 0 Å². The van der Waals surface area contributed by atoms with E-state index >= 15 is 0 Å². The molecule has 0 spiro atoms. The van der Waals surface area contributed by atoms with Crippen LogP contribution in [0.3, 0.4) is 0 Å². The number of halogens is 2. The minimum Gasteiger partial charge on any atom is -0.397 e. The van der Waals surface area contributed by atoms with Crippen LogP contribution in [-0.4, -0.2) is 6.04 Å². The molecule has 2 nitrogen and oxygen atoms in total. The molecule has 0 aliphatic rings. The van der Waals surface area contributed by atoms with Crippen molar-refractivity contribution in [2.45, 2.75) is 19.4 Å². The van der Waals surface area contributed by atoms with Gasteiger partial charge in [0, 0.05) is 6.04 Å². The van der Waals surface area contributed by atoms with Crippen molar-refractivity contribution < 1.29 is 8.78 Å². The summed E-state index contributed by atoms with van der Waals surface area (Å²) in [5.74, 6) is -1.84. The van der Waals surface area contributed by atoms with Crippen LogP contribution in [-0.2, 0) is 0 Å². The highest BCUT2D eigenvalue weighted by molar-refractivity contribution is 5.67. The Morgan fingerprint density at radius 1 is 1.53 bits per heavy atom. The Hall–Kier alpha value is -1.58.